The fraction of sp³-hybridized carbons (Fsp3) is 0.900. The zero-order valence-corrected chi connectivity index (χ0v) is 7.72. The van der Waals surface area contributed by atoms with Crippen LogP contribution in [-0.2, 0) is 0 Å². The van der Waals surface area contributed by atoms with E-state index in [2.05, 4.69) is 26.8 Å². The van der Waals surface area contributed by atoms with Crippen molar-refractivity contribution in [2.45, 2.75) is 40.0 Å². The third-order valence-corrected chi connectivity index (χ3v) is 3.61. The highest BCUT2D eigenvalue weighted by Crippen LogP contribution is 2.48. The average molecular weight is 151 g/mol. The molecule has 62 valence electrons. The van der Waals surface area contributed by atoms with Crippen LogP contribution in [0.5, 0.6) is 0 Å². The second-order valence-electron chi connectivity index (χ2n) is 4.36. The molecular formula is C10H17N. The topological polar surface area (TPSA) is 23.8 Å². The normalized spacial score (nSPS) is 35.1. The van der Waals surface area contributed by atoms with Crippen LogP contribution in [0.1, 0.15) is 40.0 Å². The predicted octanol–water partition coefficient (Wildman–Crippen LogP) is 2.97. The Bertz CT molecular complexity index is 176. The van der Waals surface area contributed by atoms with Crippen molar-refractivity contribution in [1.29, 1.82) is 5.26 Å². The molecule has 0 N–H and O–H groups in total. The van der Waals surface area contributed by atoms with E-state index in [0.717, 1.165) is 12.3 Å². The Morgan fingerprint density at radius 2 is 2.09 bits per heavy atom. The van der Waals surface area contributed by atoms with Gasteiger partial charge in [0.2, 0.25) is 0 Å². The van der Waals surface area contributed by atoms with Gasteiger partial charge in [-0.15, -0.1) is 0 Å². The first-order valence-corrected chi connectivity index (χ1v) is 4.46. The molecule has 1 saturated carbocycles. The molecule has 0 aliphatic heterocycles. The van der Waals surface area contributed by atoms with Crippen LogP contribution in [0, 0.1) is 28.6 Å². The molecule has 1 aliphatic carbocycles. The van der Waals surface area contributed by atoms with Crippen LogP contribution >= 0.6 is 0 Å². The van der Waals surface area contributed by atoms with Crippen molar-refractivity contribution >= 4 is 0 Å². The molecule has 0 spiro atoms. The summed E-state index contributed by atoms with van der Waals surface area (Å²) in [6.07, 6.45) is 3.30. The quantitative estimate of drug-likeness (QED) is 0.565. The fourth-order valence-corrected chi connectivity index (χ4v) is 2.07. The summed E-state index contributed by atoms with van der Waals surface area (Å²) < 4.78 is 0. The molecule has 1 rings (SSSR count). The van der Waals surface area contributed by atoms with Crippen LogP contribution in [0.15, 0.2) is 0 Å². The highest BCUT2D eigenvalue weighted by atomic mass is 14.4. The summed E-state index contributed by atoms with van der Waals surface area (Å²) in [6, 6.07) is 2.29. The SMILES string of the molecule is C[C@H]1CC[C@@H](CC#N)C1(C)C. The largest absolute Gasteiger partial charge is 0.198 e. The maximum Gasteiger partial charge on any atom is 0.0624 e. The van der Waals surface area contributed by atoms with E-state index in [-0.39, 0.29) is 0 Å². The van der Waals surface area contributed by atoms with Gasteiger partial charge < -0.3 is 0 Å². The molecule has 1 aliphatic rings. The summed E-state index contributed by atoms with van der Waals surface area (Å²) in [4.78, 5) is 0. The van der Waals surface area contributed by atoms with Crippen LogP contribution in [0.4, 0.5) is 0 Å². The van der Waals surface area contributed by atoms with Gasteiger partial charge in [-0.25, -0.2) is 0 Å². The van der Waals surface area contributed by atoms with Crippen molar-refractivity contribution in [3.63, 3.8) is 0 Å². The van der Waals surface area contributed by atoms with Crippen LogP contribution in [0.3, 0.4) is 0 Å². The van der Waals surface area contributed by atoms with E-state index in [1.54, 1.807) is 0 Å². The van der Waals surface area contributed by atoms with Gasteiger partial charge in [-0.05, 0) is 30.1 Å². The molecule has 0 saturated heterocycles. The summed E-state index contributed by atoms with van der Waals surface area (Å²) in [5.41, 5.74) is 0.399. The summed E-state index contributed by atoms with van der Waals surface area (Å²) in [5.74, 6) is 1.43. The third kappa shape index (κ3) is 1.40. The lowest BCUT2D eigenvalue weighted by atomic mass is 9.75. The molecule has 0 unspecified atom stereocenters. The standard InChI is InChI=1S/C10H17N/c1-8-4-5-9(6-7-11)10(8,2)3/h8-9H,4-6H2,1-3H3/t8-,9-/m0/s1. The minimum absolute atomic E-state index is 0.399. The molecule has 1 nitrogen and oxygen atoms in total. The summed E-state index contributed by atoms with van der Waals surface area (Å²) in [7, 11) is 0. The van der Waals surface area contributed by atoms with Gasteiger partial charge in [0.15, 0.2) is 0 Å². The van der Waals surface area contributed by atoms with Crippen LogP contribution < -0.4 is 0 Å². The average Bonchev–Trinajstić information content (AvgIpc) is 2.16. The molecule has 0 heterocycles. The maximum atomic E-state index is 8.60. The molecule has 0 aromatic heterocycles. The van der Waals surface area contributed by atoms with E-state index in [9.17, 15) is 0 Å². The van der Waals surface area contributed by atoms with E-state index in [0.29, 0.717) is 11.3 Å². The lowest BCUT2D eigenvalue weighted by Crippen LogP contribution is -2.22. The molecule has 0 aromatic carbocycles. The van der Waals surface area contributed by atoms with Crippen LogP contribution in [-0.4, -0.2) is 0 Å². The first-order chi connectivity index (χ1) is 5.09. The highest BCUT2D eigenvalue weighted by Gasteiger charge is 2.39. The Kier molecular flexibility index (Phi) is 2.23. The molecule has 11 heavy (non-hydrogen) atoms. The molecule has 0 aromatic rings. The van der Waals surface area contributed by atoms with Gasteiger partial charge in [0, 0.05) is 6.42 Å². The van der Waals surface area contributed by atoms with Gasteiger partial charge in [-0.2, -0.15) is 5.26 Å². The van der Waals surface area contributed by atoms with E-state index < -0.39 is 0 Å². The van der Waals surface area contributed by atoms with Crippen LogP contribution in [0.25, 0.3) is 0 Å². The van der Waals surface area contributed by atoms with Gasteiger partial charge in [-0.1, -0.05) is 20.8 Å². The smallest absolute Gasteiger partial charge is 0.0624 e. The molecule has 0 bridgehead atoms. The van der Waals surface area contributed by atoms with E-state index in [1.807, 2.05) is 0 Å². The molecular weight excluding hydrogens is 134 g/mol. The molecule has 1 fully saturated rings. The number of hydrogen-bond donors (Lipinski definition) is 0. The number of nitrogens with zero attached hydrogens (tertiary/aromatic N) is 1. The minimum atomic E-state index is 0.399. The van der Waals surface area contributed by atoms with Crippen molar-refractivity contribution in [2.24, 2.45) is 17.3 Å². The predicted molar refractivity (Wildman–Crippen MR) is 45.9 cm³/mol. The molecule has 2 atom stereocenters. The van der Waals surface area contributed by atoms with Gasteiger partial charge in [0.25, 0.3) is 0 Å². The number of hydrogen-bond acceptors (Lipinski definition) is 1. The second kappa shape index (κ2) is 2.85. The van der Waals surface area contributed by atoms with E-state index in [1.165, 1.54) is 12.8 Å². The second-order valence-corrected chi connectivity index (χ2v) is 4.36. The van der Waals surface area contributed by atoms with Crippen molar-refractivity contribution in [2.75, 3.05) is 0 Å². The number of nitriles is 1. The minimum Gasteiger partial charge on any atom is -0.198 e. The van der Waals surface area contributed by atoms with Gasteiger partial charge in [0.05, 0.1) is 6.07 Å². The van der Waals surface area contributed by atoms with Crippen molar-refractivity contribution < 1.29 is 0 Å². The zero-order chi connectivity index (χ0) is 8.48. The maximum absolute atomic E-state index is 8.60. The molecule has 1 heteroatoms. The summed E-state index contributed by atoms with van der Waals surface area (Å²) in [5, 5.41) is 8.60. The fourth-order valence-electron chi connectivity index (χ4n) is 2.07. The van der Waals surface area contributed by atoms with Crippen LogP contribution in [0.2, 0.25) is 0 Å². The van der Waals surface area contributed by atoms with E-state index >= 15 is 0 Å². The Morgan fingerprint density at radius 3 is 2.45 bits per heavy atom. The Labute approximate surface area is 69.4 Å². The van der Waals surface area contributed by atoms with Gasteiger partial charge >= 0.3 is 0 Å². The van der Waals surface area contributed by atoms with E-state index in [4.69, 9.17) is 5.26 Å². The summed E-state index contributed by atoms with van der Waals surface area (Å²) >= 11 is 0. The Balaban J connectivity index is 2.64. The zero-order valence-electron chi connectivity index (χ0n) is 7.72. The first-order valence-electron chi connectivity index (χ1n) is 4.46. The molecule has 0 radical (unpaired) electrons. The van der Waals surface area contributed by atoms with Crippen molar-refractivity contribution in [1.82, 2.24) is 0 Å². The molecule has 0 amide bonds. The lowest BCUT2D eigenvalue weighted by Gasteiger charge is -2.29. The Morgan fingerprint density at radius 1 is 1.45 bits per heavy atom. The van der Waals surface area contributed by atoms with Crippen molar-refractivity contribution in [3.8, 4) is 6.07 Å². The monoisotopic (exact) mass is 151 g/mol. The highest BCUT2D eigenvalue weighted by molar-refractivity contribution is 4.93. The van der Waals surface area contributed by atoms with Gasteiger partial charge in [-0.3, -0.25) is 0 Å². The van der Waals surface area contributed by atoms with Crippen molar-refractivity contribution in [3.05, 3.63) is 0 Å². The first kappa shape index (κ1) is 8.59. The third-order valence-electron chi connectivity index (χ3n) is 3.61. The Hall–Kier alpha value is -0.510. The van der Waals surface area contributed by atoms with Gasteiger partial charge in [0.1, 0.15) is 0 Å². The lowest BCUT2D eigenvalue weighted by molar-refractivity contribution is 0.201. The summed E-state index contributed by atoms with van der Waals surface area (Å²) in [6.45, 7) is 6.90. The number of rotatable bonds is 1.